The Morgan fingerprint density at radius 2 is 1.73 bits per heavy atom. The fourth-order valence-corrected chi connectivity index (χ4v) is 3.66. The second-order valence-corrected chi connectivity index (χ2v) is 7.30. The Kier molecular flexibility index (Phi) is 4.73. The second-order valence-electron chi connectivity index (χ2n) is 6.26. The number of thiophene rings is 1. The minimum absolute atomic E-state index is 0.345. The fraction of sp³-hybridized carbons (Fsp3) is 0.0833. The molecule has 0 aliphatic rings. The Morgan fingerprint density at radius 1 is 0.846 bits per heavy atom. The standard InChI is InChI=1S/C24H18OS/c25-24-17-20-12-11-19(8-4-9-23-10-5-13-26-23)14-21(20)16-22(24)15-18-6-2-1-3-7-18/h1-3,5-7,10-14,16-17,25H,9,15H2. The summed E-state index contributed by atoms with van der Waals surface area (Å²) in [6, 6.07) is 24.4. The predicted molar refractivity (Wildman–Crippen MR) is 110 cm³/mol. The molecule has 1 heterocycles. The van der Waals surface area contributed by atoms with Crippen molar-refractivity contribution in [2.75, 3.05) is 0 Å². The fourth-order valence-electron chi connectivity index (χ4n) is 3.01. The van der Waals surface area contributed by atoms with Gasteiger partial charge >= 0.3 is 0 Å². The van der Waals surface area contributed by atoms with Crippen molar-refractivity contribution in [1.29, 1.82) is 0 Å². The molecule has 0 unspecified atom stereocenters. The van der Waals surface area contributed by atoms with Crippen molar-refractivity contribution in [3.05, 3.63) is 99.7 Å². The van der Waals surface area contributed by atoms with Crippen LogP contribution in [0.2, 0.25) is 0 Å². The van der Waals surface area contributed by atoms with E-state index in [0.29, 0.717) is 5.75 Å². The number of aromatic hydroxyl groups is 1. The molecule has 0 saturated carbocycles. The van der Waals surface area contributed by atoms with Crippen LogP contribution < -0.4 is 0 Å². The molecule has 0 bridgehead atoms. The van der Waals surface area contributed by atoms with E-state index in [1.54, 1.807) is 11.3 Å². The zero-order chi connectivity index (χ0) is 17.8. The van der Waals surface area contributed by atoms with Gasteiger partial charge in [0.15, 0.2) is 0 Å². The molecule has 3 aromatic carbocycles. The Hall–Kier alpha value is -3.02. The van der Waals surface area contributed by atoms with E-state index in [2.05, 4.69) is 53.6 Å². The maximum absolute atomic E-state index is 10.4. The molecule has 26 heavy (non-hydrogen) atoms. The molecule has 1 aromatic heterocycles. The van der Waals surface area contributed by atoms with E-state index in [9.17, 15) is 5.11 Å². The molecule has 1 N–H and O–H groups in total. The summed E-state index contributed by atoms with van der Waals surface area (Å²) in [5.74, 6) is 6.84. The van der Waals surface area contributed by atoms with Gasteiger partial charge in [-0.05, 0) is 57.6 Å². The molecular formula is C24H18OS. The van der Waals surface area contributed by atoms with Gasteiger partial charge in [-0.25, -0.2) is 0 Å². The number of rotatable bonds is 3. The summed E-state index contributed by atoms with van der Waals surface area (Å²) in [7, 11) is 0. The number of hydrogen-bond acceptors (Lipinski definition) is 2. The van der Waals surface area contributed by atoms with Crippen LogP contribution in [0.15, 0.2) is 78.2 Å². The monoisotopic (exact) mass is 354 g/mol. The minimum Gasteiger partial charge on any atom is -0.508 e. The SMILES string of the molecule is Oc1cc2ccc(C#CCc3cccs3)cc2cc1Cc1ccccc1. The second kappa shape index (κ2) is 7.47. The van der Waals surface area contributed by atoms with Gasteiger partial charge in [0.25, 0.3) is 0 Å². The Bertz CT molecular complexity index is 1080. The highest BCUT2D eigenvalue weighted by molar-refractivity contribution is 7.09. The summed E-state index contributed by atoms with van der Waals surface area (Å²) in [5.41, 5.74) is 3.13. The maximum atomic E-state index is 10.4. The molecular weight excluding hydrogens is 336 g/mol. The highest BCUT2D eigenvalue weighted by Crippen LogP contribution is 2.27. The lowest BCUT2D eigenvalue weighted by Crippen LogP contribution is -1.89. The van der Waals surface area contributed by atoms with Crippen LogP contribution in [-0.2, 0) is 12.8 Å². The molecule has 0 aliphatic carbocycles. The third-order valence-corrected chi connectivity index (χ3v) is 5.23. The average molecular weight is 354 g/mol. The van der Waals surface area contributed by atoms with Gasteiger partial charge in [-0.3, -0.25) is 0 Å². The first-order valence-electron chi connectivity index (χ1n) is 8.59. The third kappa shape index (κ3) is 3.79. The number of phenols is 1. The van der Waals surface area contributed by atoms with E-state index in [-0.39, 0.29) is 0 Å². The van der Waals surface area contributed by atoms with E-state index < -0.39 is 0 Å². The number of fused-ring (bicyclic) bond motifs is 1. The lowest BCUT2D eigenvalue weighted by atomic mass is 9.99. The van der Waals surface area contributed by atoms with Crippen molar-refractivity contribution < 1.29 is 5.11 Å². The highest BCUT2D eigenvalue weighted by atomic mass is 32.1. The topological polar surface area (TPSA) is 20.2 Å². The Balaban J connectivity index is 1.62. The maximum Gasteiger partial charge on any atom is 0.119 e. The Labute approximate surface area is 157 Å². The quantitative estimate of drug-likeness (QED) is 0.462. The van der Waals surface area contributed by atoms with Gasteiger partial charge in [-0.1, -0.05) is 54.3 Å². The molecule has 126 valence electrons. The molecule has 0 aliphatic heterocycles. The van der Waals surface area contributed by atoms with Crippen LogP contribution in [0.25, 0.3) is 10.8 Å². The lowest BCUT2D eigenvalue weighted by Gasteiger charge is -2.08. The molecule has 0 amide bonds. The first-order chi connectivity index (χ1) is 12.8. The number of hydrogen-bond donors (Lipinski definition) is 1. The molecule has 2 heteroatoms. The number of phenolic OH excluding ortho intramolecular Hbond substituents is 1. The van der Waals surface area contributed by atoms with Crippen LogP contribution in [-0.4, -0.2) is 5.11 Å². The van der Waals surface area contributed by atoms with Crippen LogP contribution in [0.3, 0.4) is 0 Å². The van der Waals surface area contributed by atoms with Crippen LogP contribution in [0.1, 0.15) is 21.6 Å². The summed E-state index contributed by atoms with van der Waals surface area (Å²) < 4.78 is 0. The van der Waals surface area contributed by atoms with E-state index in [1.165, 1.54) is 10.4 Å². The minimum atomic E-state index is 0.345. The van der Waals surface area contributed by atoms with Crippen molar-refractivity contribution in [2.45, 2.75) is 12.8 Å². The van der Waals surface area contributed by atoms with E-state index in [4.69, 9.17) is 0 Å². The molecule has 0 fully saturated rings. The third-order valence-electron chi connectivity index (χ3n) is 4.35. The van der Waals surface area contributed by atoms with Gasteiger partial charge in [-0.2, -0.15) is 0 Å². The van der Waals surface area contributed by atoms with E-state index in [0.717, 1.165) is 34.7 Å². The molecule has 1 nitrogen and oxygen atoms in total. The smallest absolute Gasteiger partial charge is 0.119 e. The van der Waals surface area contributed by atoms with Crippen molar-refractivity contribution in [1.82, 2.24) is 0 Å². The van der Waals surface area contributed by atoms with Crippen LogP contribution in [0.5, 0.6) is 5.75 Å². The van der Waals surface area contributed by atoms with Gasteiger partial charge < -0.3 is 5.11 Å². The van der Waals surface area contributed by atoms with E-state index in [1.807, 2.05) is 36.4 Å². The van der Waals surface area contributed by atoms with Crippen molar-refractivity contribution >= 4 is 22.1 Å². The van der Waals surface area contributed by atoms with Crippen molar-refractivity contribution in [3.63, 3.8) is 0 Å². The zero-order valence-corrected chi connectivity index (χ0v) is 15.1. The molecule has 4 aromatic rings. The van der Waals surface area contributed by atoms with Crippen LogP contribution in [0.4, 0.5) is 0 Å². The zero-order valence-electron chi connectivity index (χ0n) is 14.3. The van der Waals surface area contributed by atoms with Gasteiger partial charge in [0.05, 0.1) is 0 Å². The van der Waals surface area contributed by atoms with Crippen molar-refractivity contribution in [2.24, 2.45) is 0 Å². The van der Waals surface area contributed by atoms with Gasteiger partial charge in [0, 0.05) is 23.3 Å². The molecule has 0 spiro atoms. The molecule has 0 atom stereocenters. The largest absolute Gasteiger partial charge is 0.508 e. The molecule has 0 saturated heterocycles. The molecule has 0 radical (unpaired) electrons. The summed E-state index contributed by atoms with van der Waals surface area (Å²) in [6.45, 7) is 0. The lowest BCUT2D eigenvalue weighted by molar-refractivity contribution is 0.470. The first kappa shape index (κ1) is 16.4. The van der Waals surface area contributed by atoms with Crippen LogP contribution in [0, 0.1) is 11.8 Å². The number of benzene rings is 3. The predicted octanol–water partition coefficient (Wildman–Crippen LogP) is 5.79. The Morgan fingerprint density at radius 3 is 2.54 bits per heavy atom. The summed E-state index contributed by atoms with van der Waals surface area (Å²) >= 11 is 1.73. The summed E-state index contributed by atoms with van der Waals surface area (Å²) in [5, 5.41) is 14.6. The highest BCUT2D eigenvalue weighted by Gasteiger charge is 2.06. The average Bonchev–Trinajstić information content (AvgIpc) is 3.17. The first-order valence-corrected chi connectivity index (χ1v) is 9.47. The molecule has 4 rings (SSSR count). The van der Waals surface area contributed by atoms with Gasteiger partial charge in [-0.15, -0.1) is 11.3 Å². The van der Waals surface area contributed by atoms with E-state index >= 15 is 0 Å². The normalized spacial score (nSPS) is 10.5. The van der Waals surface area contributed by atoms with Crippen molar-refractivity contribution in [3.8, 4) is 17.6 Å². The van der Waals surface area contributed by atoms with Crippen LogP contribution >= 0.6 is 11.3 Å². The van der Waals surface area contributed by atoms with Gasteiger partial charge in [0.2, 0.25) is 0 Å². The summed E-state index contributed by atoms with van der Waals surface area (Å²) in [6.07, 6.45) is 1.50. The van der Waals surface area contributed by atoms with Gasteiger partial charge in [0.1, 0.15) is 5.75 Å². The summed E-state index contributed by atoms with van der Waals surface area (Å²) in [4.78, 5) is 1.29.